The highest BCUT2D eigenvalue weighted by Gasteiger charge is 2.44. The van der Waals surface area contributed by atoms with Crippen LogP contribution in [0.3, 0.4) is 0 Å². The summed E-state index contributed by atoms with van der Waals surface area (Å²) in [5.74, 6) is 2.00. The molecular weight excluding hydrogens is 430 g/mol. The number of rotatable bonds is 6. The highest BCUT2D eigenvalue weighted by Crippen LogP contribution is 2.38. The van der Waals surface area contributed by atoms with Crippen LogP contribution >= 0.6 is 0 Å². The second-order valence-corrected chi connectivity index (χ2v) is 10.6. The predicted octanol–water partition coefficient (Wildman–Crippen LogP) is 3.76. The van der Waals surface area contributed by atoms with Crippen molar-refractivity contribution < 1.29 is 9.53 Å². The maximum Gasteiger partial charge on any atom is 0.410 e. The van der Waals surface area contributed by atoms with E-state index < -0.39 is 0 Å². The van der Waals surface area contributed by atoms with Crippen LogP contribution in [0.4, 0.5) is 16.4 Å². The van der Waals surface area contributed by atoms with Gasteiger partial charge in [0.1, 0.15) is 11.6 Å². The number of carbonyl (C=O) groups excluding carboxylic acids is 1. The first-order chi connectivity index (χ1) is 16.4. The maximum atomic E-state index is 12.7. The third-order valence-electron chi connectivity index (χ3n) is 7.06. The van der Waals surface area contributed by atoms with E-state index in [1.54, 1.807) is 0 Å². The normalized spacial score (nSPS) is 28.5. The molecule has 2 bridgehead atoms. The lowest BCUT2D eigenvalue weighted by Gasteiger charge is -2.38. The number of amides is 1. The van der Waals surface area contributed by atoms with Crippen LogP contribution < -0.4 is 21.5 Å². The number of carbonyl (C=O) groups is 1. The molecule has 3 aliphatic rings. The van der Waals surface area contributed by atoms with Crippen molar-refractivity contribution in [3.05, 3.63) is 23.9 Å². The Kier molecular flexibility index (Phi) is 6.48. The zero-order chi connectivity index (χ0) is 23.8. The highest BCUT2D eigenvalue weighted by molar-refractivity contribution is 5.91. The molecule has 3 saturated heterocycles. The van der Waals surface area contributed by atoms with Gasteiger partial charge in [-0.05, 0) is 63.5 Å². The molecule has 0 radical (unpaired) electrons. The first-order valence-electron chi connectivity index (χ1n) is 12.6. The Morgan fingerprint density at radius 1 is 1.18 bits per heavy atom. The number of aryl methyl sites for hydroxylation is 1. The van der Waals surface area contributed by atoms with Gasteiger partial charge in [-0.3, -0.25) is 10.4 Å². The summed E-state index contributed by atoms with van der Waals surface area (Å²) in [4.78, 5) is 24.3. The molecule has 0 saturated carbocycles. The molecule has 34 heavy (non-hydrogen) atoms. The number of anilines is 2. The summed E-state index contributed by atoms with van der Waals surface area (Å²) < 4.78 is 5.56. The van der Waals surface area contributed by atoms with Crippen molar-refractivity contribution in [3.8, 4) is 0 Å². The third-order valence-corrected chi connectivity index (χ3v) is 7.06. The van der Waals surface area contributed by atoms with Gasteiger partial charge in [0.15, 0.2) is 0 Å². The van der Waals surface area contributed by atoms with Crippen molar-refractivity contribution in [2.45, 2.75) is 90.1 Å². The number of hydrogen-bond donors (Lipinski definition) is 4. The summed E-state index contributed by atoms with van der Waals surface area (Å²) in [6.45, 7) is 8.81. The van der Waals surface area contributed by atoms with Gasteiger partial charge in [0.2, 0.25) is 0 Å². The molecule has 5 atom stereocenters. The molecule has 0 aromatic carbocycles. The molecule has 3 fully saturated rings. The smallest absolute Gasteiger partial charge is 0.410 e. The fraction of sp³-hybridized carbons (Fsp3) is 0.640. The van der Waals surface area contributed by atoms with Crippen LogP contribution in [-0.2, 0) is 4.74 Å². The van der Waals surface area contributed by atoms with E-state index in [0.29, 0.717) is 18.6 Å². The van der Waals surface area contributed by atoms with E-state index in [2.05, 4.69) is 60.2 Å². The fourth-order valence-corrected chi connectivity index (χ4v) is 5.50. The zero-order valence-corrected chi connectivity index (χ0v) is 20.6. The number of hydrogen-bond acceptors (Lipinski definition) is 8. The van der Waals surface area contributed by atoms with E-state index in [9.17, 15) is 4.79 Å². The lowest BCUT2D eigenvalue weighted by atomic mass is 9.97. The Bertz CT molecular complexity index is 1030. The Labute approximate surface area is 201 Å². The summed E-state index contributed by atoms with van der Waals surface area (Å²) in [5.41, 5.74) is 8.55. The van der Waals surface area contributed by atoms with Gasteiger partial charge in [0, 0.05) is 41.8 Å². The summed E-state index contributed by atoms with van der Waals surface area (Å²) in [6, 6.07) is 5.26. The number of nitrogens with zero attached hydrogens (tertiary/aromatic N) is 3. The van der Waals surface area contributed by atoms with E-state index in [0.717, 1.165) is 60.2 Å². The average molecular weight is 468 g/mol. The van der Waals surface area contributed by atoms with E-state index >= 15 is 0 Å². The molecular formula is C25H37N7O2. The van der Waals surface area contributed by atoms with Crippen molar-refractivity contribution in [2.24, 2.45) is 5.92 Å². The van der Waals surface area contributed by atoms with Crippen LogP contribution in [0, 0.1) is 12.8 Å². The minimum atomic E-state index is -0.152. The first kappa shape index (κ1) is 23.1. The van der Waals surface area contributed by atoms with Crippen molar-refractivity contribution in [1.82, 2.24) is 25.7 Å². The largest absolute Gasteiger partial charge is 0.449 e. The maximum absolute atomic E-state index is 12.7. The van der Waals surface area contributed by atoms with Crippen molar-refractivity contribution in [1.29, 1.82) is 0 Å². The molecule has 3 unspecified atom stereocenters. The Morgan fingerprint density at radius 2 is 1.94 bits per heavy atom. The van der Waals surface area contributed by atoms with Crippen molar-refractivity contribution in [2.75, 3.05) is 17.2 Å². The molecule has 0 aliphatic carbocycles. The van der Waals surface area contributed by atoms with Gasteiger partial charge < -0.3 is 20.3 Å². The zero-order valence-electron chi connectivity index (χ0n) is 20.6. The molecule has 2 aromatic rings. The standard InChI is InChI=1S/C25H37N7O2/c1-14(2)13-34-25(33)32-18-5-6-19(32)10-17(9-18)27-24-20-7-15(3)12-26-21(20)11-22(29-24)28-23-8-16(4)30-31-23/h7,11-12,14,16-19,23,30-31H,5-6,8-10,13H2,1-4H3,(H2,27,28,29)/t16?,17?,18-,19+,23?. The summed E-state index contributed by atoms with van der Waals surface area (Å²) in [5, 5.41) is 8.26. The second-order valence-electron chi connectivity index (χ2n) is 10.6. The number of aromatic nitrogens is 2. The number of hydrazine groups is 1. The van der Waals surface area contributed by atoms with E-state index in [4.69, 9.17) is 9.72 Å². The van der Waals surface area contributed by atoms with Gasteiger partial charge in [-0.2, -0.15) is 0 Å². The molecule has 9 nitrogen and oxygen atoms in total. The molecule has 5 heterocycles. The van der Waals surface area contributed by atoms with Gasteiger partial charge in [0.05, 0.1) is 18.3 Å². The van der Waals surface area contributed by atoms with Crippen molar-refractivity contribution >= 4 is 28.6 Å². The minimum Gasteiger partial charge on any atom is -0.449 e. The van der Waals surface area contributed by atoms with Crippen LogP contribution in [0.5, 0.6) is 0 Å². The first-order valence-corrected chi connectivity index (χ1v) is 12.6. The summed E-state index contributed by atoms with van der Waals surface area (Å²) in [6.07, 6.45) is 6.71. The Morgan fingerprint density at radius 3 is 2.62 bits per heavy atom. The average Bonchev–Trinajstić information content (AvgIpc) is 3.32. The van der Waals surface area contributed by atoms with Crippen LogP contribution in [0.1, 0.15) is 58.4 Å². The lowest BCUT2D eigenvalue weighted by Crippen LogP contribution is -2.50. The van der Waals surface area contributed by atoms with Crippen LogP contribution in [0.2, 0.25) is 0 Å². The number of pyridine rings is 2. The quantitative estimate of drug-likeness (QED) is 0.509. The van der Waals surface area contributed by atoms with Gasteiger partial charge in [0.25, 0.3) is 0 Å². The molecule has 9 heteroatoms. The van der Waals surface area contributed by atoms with Crippen LogP contribution in [-0.4, -0.2) is 57.9 Å². The summed E-state index contributed by atoms with van der Waals surface area (Å²) in [7, 11) is 0. The Hall–Kier alpha value is -2.65. The highest BCUT2D eigenvalue weighted by atomic mass is 16.6. The predicted molar refractivity (Wildman–Crippen MR) is 134 cm³/mol. The van der Waals surface area contributed by atoms with E-state index in [1.807, 2.05) is 17.2 Å². The van der Waals surface area contributed by atoms with E-state index in [-0.39, 0.29) is 30.4 Å². The molecule has 5 rings (SSSR count). The molecule has 3 aliphatic heterocycles. The number of ether oxygens (including phenoxy) is 1. The molecule has 1 amide bonds. The van der Waals surface area contributed by atoms with Gasteiger partial charge in [-0.25, -0.2) is 15.2 Å². The molecule has 184 valence electrons. The lowest BCUT2D eigenvalue weighted by molar-refractivity contribution is 0.0603. The van der Waals surface area contributed by atoms with Crippen LogP contribution in [0.15, 0.2) is 18.3 Å². The Balaban J connectivity index is 1.33. The number of piperidine rings is 1. The molecule has 0 spiro atoms. The van der Waals surface area contributed by atoms with Gasteiger partial charge in [-0.15, -0.1) is 0 Å². The molecule has 2 aromatic heterocycles. The van der Waals surface area contributed by atoms with Gasteiger partial charge in [-0.1, -0.05) is 13.8 Å². The van der Waals surface area contributed by atoms with E-state index in [1.165, 1.54) is 0 Å². The topological polar surface area (TPSA) is 103 Å². The fourth-order valence-electron chi connectivity index (χ4n) is 5.50. The van der Waals surface area contributed by atoms with Gasteiger partial charge >= 0.3 is 6.09 Å². The van der Waals surface area contributed by atoms with Crippen molar-refractivity contribution in [3.63, 3.8) is 0 Å². The third kappa shape index (κ3) is 4.90. The number of fused-ring (bicyclic) bond motifs is 3. The van der Waals surface area contributed by atoms with Crippen LogP contribution in [0.25, 0.3) is 10.9 Å². The monoisotopic (exact) mass is 467 g/mol. The minimum absolute atomic E-state index is 0.120. The molecule has 4 N–H and O–H groups in total. The number of nitrogens with one attached hydrogen (secondary N) is 4. The SMILES string of the molecule is Cc1cnc2cc(NC3CC(C)NN3)nc(NC3C[C@H]4CC[C@@H](C3)N4C(=O)OCC(C)C)c2c1. The second kappa shape index (κ2) is 9.54. The summed E-state index contributed by atoms with van der Waals surface area (Å²) >= 11 is 0.